The molecule has 0 bridgehead atoms. The number of fused-ring (bicyclic) bond motifs is 33. The molecule has 25 rings (SSSR count). The summed E-state index contributed by atoms with van der Waals surface area (Å²) in [5.74, 6) is 0. The SMILES string of the molecule is CC1(C)c2ccccc2-c2cccc(N(c3cccc4c3C(C)(C)c3ccccc3-4)c3cc4c(c5c3oc3ccccc35)c3c5c(oc6ccccc65)c(N(c5cccc6c5C(C)(C)c5ccccc5-6)c5cccc6c5C(C)(C)c5ccccc5-6)cc3n4-c3cccc4c3-c3ccccc3C43c4ccccc4-c4ccccc43)c21. The molecule has 114 heavy (non-hydrogen) atoms. The van der Waals surface area contributed by atoms with E-state index >= 15 is 0 Å². The molecular formula is C109H77N3O2. The Balaban J connectivity index is 0.900. The molecule has 0 amide bonds. The summed E-state index contributed by atoms with van der Waals surface area (Å²) in [6.45, 7) is 19.5. The molecule has 5 heteroatoms. The van der Waals surface area contributed by atoms with Crippen LogP contribution in [0.5, 0.6) is 0 Å². The maximum Gasteiger partial charge on any atom is 0.160 e. The Morgan fingerprint density at radius 2 is 0.509 bits per heavy atom. The molecule has 0 saturated carbocycles. The zero-order chi connectivity index (χ0) is 75.9. The minimum atomic E-state index is -0.647. The number of aromatic nitrogens is 1. The minimum absolute atomic E-state index is 0.418. The van der Waals surface area contributed by atoms with Crippen molar-refractivity contribution in [1.29, 1.82) is 0 Å². The van der Waals surface area contributed by atoms with E-state index in [1.165, 1.54) is 134 Å². The van der Waals surface area contributed by atoms with Gasteiger partial charge in [0.1, 0.15) is 11.2 Å². The van der Waals surface area contributed by atoms with E-state index in [9.17, 15) is 0 Å². The standard InChI is InChI=1S/C109H77N3O2/c1-105(2)75-45-18-9-34-64(75)68-41-27-54-84(99(68)105)111(85-55-28-42-69-65-35-10-19-46-76(65)106(3,4)100(69)85)90-60-88-97(95-73-39-16-25-58-92(73)113-103(90)95)98-89(110(88)83-53-31-52-82-94(83)72-38-15-24-51-81(72)109(82)79-49-22-13-32-62(79)63-33-14-23-50-80(63)109)61-91(104-96(98)74-40-17-26-59-93(74)114-104)112(86-56-29-43-70-66-36-11-20-47-77(66)107(5,6)101(70)86)87-57-30-44-71-67-37-12-21-48-78(67)108(7,8)102(71)87/h9-61H,1-8H3. The van der Waals surface area contributed by atoms with Gasteiger partial charge in [0, 0.05) is 59.5 Å². The fraction of sp³-hybridized carbons (Fsp3) is 0.119. The number of hydrogen-bond acceptors (Lipinski definition) is 4. The summed E-state index contributed by atoms with van der Waals surface area (Å²) in [6, 6.07) is 122. The molecule has 6 aliphatic carbocycles. The van der Waals surface area contributed by atoms with Gasteiger partial charge in [0.2, 0.25) is 0 Å². The third-order valence-electron chi connectivity index (χ3n) is 27.9. The van der Waals surface area contributed by atoms with Crippen LogP contribution in [0.25, 0.3) is 138 Å². The van der Waals surface area contributed by atoms with Crippen LogP contribution < -0.4 is 9.80 Å². The fourth-order valence-corrected chi connectivity index (χ4v) is 23.4. The predicted molar refractivity (Wildman–Crippen MR) is 471 cm³/mol. The molecule has 0 N–H and O–H groups in total. The van der Waals surface area contributed by atoms with Crippen molar-refractivity contribution in [3.05, 3.63) is 388 Å². The Kier molecular flexibility index (Phi) is 12.4. The summed E-state index contributed by atoms with van der Waals surface area (Å²) < 4.78 is 18.6. The van der Waals surface area contributed by atoms with Crippen LogP contribution in [0.1, 0.15) is 122 Å². The monoisotopic (exact) mass is 1460 g/mol. The first-order chi connectivity index (χ1) is 55.7. The molecule has 3 aromatic heterocycles. The Morgan fingerprint density at radius 3 is 0.868 bits per heavy atom. The van der Waals surface area contributed by atoms with Crippen molar-refractivity contribution in [2.24, 2.45) is 0 Å². The van der Waals surface area contributed by atoms with Crippen LogP contribution in [0.15, 0.2) is 330 Å². The molecule has 0 radical (unpaired) electrons. The largest absolute Gasteiger partial charge is 0.454 e. The van der Waals surface area contributed by atoms with Gasteiger partial charge in [-0.1, -0.05) is 322 Å². The summed E-state index contributed by atoms with van der Waals surface area (Å²) in [5, 5.41) is 6.32. The minimum Gasteiger partial charge on any atom is -0.454 e. The maximum absolute atomic E-state index is 7.95. The first-order valence-electron chi connectivity index (χ1n) is 40.4. The van der Waals surface area contributed by atoms with Gasteiger partial charge >= 0.3 is 0 Å². The summed E-state index contributed by atoms with van der Waals surface area (Å²) in [4.78, 5) is 5.30. The van der Waals surface area contributed by atoms with Crippen molar-refractivity contribution in [2.45, 2.75) is 82.5 Å². The molecule has 0 atom stereocenters. The summed E-state index contributed by atoms with van der Waals surface area (Å²) in [5.41, 5.74) is 40.9. The van der Waals surface area contributed by atoms with E-state index in [2.05, 4.69) is 391 Å². The third-order valence-corrected chi connectivity index (χ3v) is 27.9. The Labute approximate surface area is 661 Å². The van der Waals surface area contributed by atoms with Crippen LogP contribution >= 0.6 is 0 Å². The van der Waals surface area contributed by atoms with Gasteiger partial charge < -0.3 is 23.2 Å². The average molecular weight is 1460 g/mol. The lowest BCUT2D eigenvalue weighted by Gasteiger charge is -2.35. The van der Waals surface area contributed by atoms with Crippen molar-refractivity contribution in [3.63, 3.8) is 0 Å². The van der Waals surface area contributed by atoms with Crippen molar-refractivity contribution in [2.75, 3.05) is 9.80 Å². The lowest BCUT2D eigenvalue weighted by Crippen LogP contribution is -2.25. The van der Waals surface area contributed by atoms with E-state index in [-0.39, 0.29) is 0 Å². The van der Waals surface area contributed by atoms with Crippen LogP contribution in [-0.2, 0) is 27.1 Å². The highest BCUT2D eigenvalue weighted by molar-refractivity contribution is 6.38. The lowest BCUT2D eigenvalue weighted by molar-refractivity contribution is 0.653. The molecule has 0 fully saturated rings. The van der Waals surface area contributed by atoms with E-state index in [0.717, 1.165) is 105 Å². The van der Waals surface area contributed by atoms with Crippen LogP contribution in [0.4, 0.5) is 34.1 Å². The molecule has 16 aromatic carbocycles. The number of rotatable bonds is 7. The second-order valence-electron chi connectivity index (χ2n) is 34.8. The van der Waals surface area contributed by atoms with E-state index in [1.54, 1.807) is 0 Å². The molecule has 0 saturated heterocycles. The zero-order valence-corrected chi connectivity index (χ0v) is 64.8. The summed E-state index contributed by atoms with van der Waals surface area (Å²) in [7, 11) is 0. The van der Waals surface area contributed by atoms with Crippen LogP contribution in [-0.4, -0.2) is 4.57 Å². The number of nitrogens with zero attached hydrogens (tertiary/aromatic N) is 3. The maximum atomic E-state index is 7.95. The smallest absolute Gasteiger partial charge is 0.160 e. The molecule has 1 spiro atoms. The summed E-state index contributed by atoms with van der Waals surface area (Å²) >= 11 is 0. The van der Waals surface area contributed by atoms with Gasteiger partial charge in [0.15, 0.2) is 11.2 Å². The topological polar surface area (TPSA) is 37.7 Å². The van der Waals surface area contributed by atoms with Crippen molar-refractivity contribution < 1.29 is 8.83 Å². The van der Waals surface area contributed by atoms with Gasteiger partial charge in [-0.25, -0.2) is 0 Å². The molecule has 540 valence electrons. The number of furan rings is 2. The normalized spacial score (nSPS) is 15.5. The van der Waals surface area contributed by atoms with E-state index in [4.69, 9.17) is 8.83 Å². The molecule has 3 heterocycles. The highest BCUT2D eigenvalue weighted by Gasteiger charge is 2.53. The van der Waals surface area contributed by atoms with E-state index in [1.807, 2.05) is 0 Å². The number of hydrogen-bond donors (Lipinski definition) is 0. The molecule has 0 unspecified atom stereocenters. The van der Waals surface area contributed by atoms with Gasteiger partial charge in [0.25, 0.3) is 0 Å². The van der Waals surface area contributed by atoms with Gasteiger partial charge in [-0.2, -0.15) is 0 Å². The zero-order valence-electron chi connectivity index (χ0n) is 64.8. The Bertz CT molecular complexity index is 6980. The highest BCUT2D eigenvalue weighted by atomic mass is 16.3. The van der Waals surface area contributed by atoms with Gasteiger partial charge in [0.05, 0.1) is 56.3 Å². The second kappa shape index (κ2) is 22.0. The van der Waals surface area contributed by atoms with E-state index < -0.39 is 27.1 Å². The number of benzene rings is 16. The summed E-state index contributed by atoms with van der Waals surface area (Å²) in [6.07, 6.45) is 0. The van der Waals surface area contributed by atoms with Crippen LogP contribution in [0, 0.1) is 0 Å². The highest BCUT2D eigenvalue weighted by Crippen LogP contribution is 2.67. The van der Waals surface area contributed by atoms with Crippen molar-refractivity contribution in [1.82, 2.24) is 4.57 Å². The van der Waals surface area contributed by atoms with Crippen molar-refractivity contribution >= 4 is 99.8 Å². The van der Waals surface area contributed by atoms with Gasteiger partial charge in [-0.3, -0.25) is 0 Å². The quantitative estimate of drug-likeness (QED) is 0.159. The van der Waals surface area contributed by atoms with Gasteiger partial charge in [-0.05, 0) is 183 Å². The third kappa shape index (κ3) is 7.76. The van der Waals surface area contributed by atoms with Crippen LogP contribution in [0.3, 0.4) is 0 Å². The average Bonchev–Trinajstić information content (AvgIpc) is 1.50. The Morgan fingerprint density at radius 1 is 0.237 bits per heavy atom. The van der Waals surface area contributed by atoms with E-state index in [0.29, 0.717) is 0 Å². The number of anilines is 6. The second-order valence-corrected chi connectivity index (χ2v) is 34.8. The predicted octanol–water partition coefficient (Wildman–Crippen LogP) is 29.1. The Hall–Kier alpha value is -13.5. The fourth-order valence-electron chi connectivity index (χ4n) is 23.4. The molecule has 19 aromatic rings. The van der Waals surface area contributed by atoms with Crippen molar-refractivity contribution in [3.8, 4) is 72.4 Å². The first kappa shape index (κ1) is 64.2. The molecule has 6 aliphatic rings. The van der Waals surface area contributed by atoms with Crippen LogP contribution in [0.2, 0.25) is 0 Å². The van der Waals surface area contributed by atoms with Gasteiger partial charge in [-0.15, -0.1) is 0 Å². The molecule has 5 nitrogen and oxygen atoms in total. The molecule has 0 aliphatic heterocycles. The number of para-hydroxylation sites is 2. The lowest BCUT2D eigenvalue weighted by atomic mass is 9.70. The first-order valence-corrected chi connectivity index (χ1v) is 40.4. The molecular weight excluding hydrogens is 1380 g/mol.